The highest BCUT2D eigenvalue weighted by molar-refractivity contribution is 9.10. The van der Waals surface area contributed by atoms with E-state index in [1.807, 2.05) is 25.1 Å². The van der Waals surface area contributed by atoms with Gasteiger partial charge in [0.05, 0.1) is 10.2 Å². The molecule has 0 fully saturated rings. The maximum absolute atomic E-state index is 11.2. The molecule has 1 aromatic heterocycles. The monoisotopic (exact) mass is 305 g/mol. The van der Waals surface area contributed by atoms with Gasteiger partial charge in [-0.25, -0.2) is 0 Å². The van der Waals surface area contributed by atoms with Crippen molar-refractivity contribution >= 4 is 22.2 Å². The summed E-state index contributed by atoms with van der Waals surface area (Å²) in [6.45, 7) is 6.24. The summed E-state index contributed by atoms with van der Waals surface area (Å²) in [5, 5.41) is 0. The lowest BCUT2D eigenvalue weighted by Gasteiger charge is -2.16. The molecule has 0 aliphatic heterocycles. The van der Waals surface area contributed by atoms with Crippen LogP contribution in [-0.4, -0.2) is 10.9 Å². The number of aldehydes is 1. The summed E-state index contributed by atoms with van der Waals surface area (Å²) in [6.07, 6.45) is 0.921. The van der Waals surface area contributed by atoms with Crippen LogP contribution < -0.4 is 0 Å². The maximum atomic E-state index is 11.2. The van der Waals surface area contributed by atoms with Crippen LogP contribution in [0, 0.1) is 6.92 Å². The van der Waals surface area contributed by atoms with Crippen molar-refractivity contribution in [3.05, 3.63) is 46.1 Å². The van der Waals surface area contributed by atoms with E-state index in [9.17, 15) is 4.79 Å². The number of aromatic nitrogens is 1. The van der Waals surface area contributed by atoms with Crippen molar-refractivity contribution < 1.29 is 4.79 Å². The second kappa shape index (κ2) is 5.11. The van der Waals surface area contributed by atoms with Gasteiger partial charge in [-0.15, -0.1) is 0 Å². The molecular formula is C15H16BrNO. The van der Waals surface area contributed by atoms with E-state index in [1.54, 1.807) is 0 Å². The van der Waals surface area contributed by atoms with Crippen LogP contribution >= 0.6 is 15.9 Å². The van der Waals surface area contributed by atoms with Gasteiger partial charge in [-0.05, 0) is 42.3 Å². The molecule has 0 N–H and O–H groups in total. The average molecular weight is 306 g/mol. The molecule has 1 aromatic carbocycles. The molecule has 0 atom stereocenters. The second-order valence-electron chi connectivity index (χ2n) is 4.61. The van der Waals surface area contributed by atoms with E-state index in [1.165, 1.54) is 0 Å². The number of nitrogens with zero attached hydrogens (tertiary/aromatic N) is 1. The number of halogens is 1. The summed E-state index contributed by atoms with van der Waals surface area (Å²) in [5.41, 5.74) is 3.94. The van der Waals surface area contributed by atoms with Crippen LogP contribution in [-0.2, 0) is 0 Å². The van der Waals surface area contributed by atoms with Gasteiger partial charge in [-0.2, -0.15) is 0 Å². The largest absolute Gasteiger partial charge is 0.341 e. The number of hydrogen-bond donors (Lipinski definition) is 0. The molecule has 0 aliphatic carbocycles. The SMILES string of the molecule is Cc1c(C=O)c(Br)c(-c2ccccc2)n1C(C)C. The van der Waals surface area contributed by atoms with Gasteiger partial charge < -0.3 is 4.57 Å². The van der Waals surface area contributed by atoms with Crippen molar-refractivity contribution in [1.29, 1.82) is 0 Å². The van der Waals surface area contributed by atoms with Gasteiger partial charge in [-0.3, -0.25) is 4.79 Å². The summed E-state index contributed by atoms with van der Waals surface area (Å²) in [6, 6.07) is 10.4. The Balaban J connectivity index is 2.77. The van der Waals surface area contributed by atoms with Crippen LogP contribution in [0.2, 0.25) is 0 Å². The van der Waals surface area contributed by atoms with Crippen LogP contribution in [0.1, 0.15) is 35.9 Å². The third kappa shape index (κ3) is 2.03. The summed E-state index contributed by atoms with van der Waals surface area (Å²) >= 11 is 3.57. The minimum atomic E-state index is 0.310. The number of rotatable bonds is 3. The zero-order chi connectivity index (χ0) is 13.3. The third-order valence-electron chi connectivity index (χ3n) is 3.12. The first-order valence-corrected chi connectivity index (χ1v) is 6.78. The van der Waals surface area contributed by atoms with Gasteiger partial charge >= 0.3 is 0 Å². The smallest absolute Gasteiger partial charge is 0.153 e. The van der Waals surface area contributed by atoms with E-state index in [0.29, 0.717) is 6.04 Å². The molecule has 2 nitrogen and oxygen atoms in total. The maximum Gasteiger partial charge on any atom is 0.153 e. The number of benzene rings is 1. The Morgan fingerprint density at radius 3 is 2.33 bits per heavy atom. The first-order chi connectivity index (χ1) is 8.57. The minimum Gasteiger partial charge on any atom is -0.341 e. The lowest BCUT2D eigenvalue weighted by molar-refractivity contribution is 0.112. The zero-order valence-corrected chi connectivity index (χ0v) is 12.4. The Labute approximate surface area is 116 Å². The highest BCUT2D eigenvalue weighted by Gasteiger charge is 2.20. The number of carbonyl (C=O) groups is 1. The summed E-state index contributed by atoms with van der Waals surface area (Å²) in [7, 11) is 0. The van der Waals surface area contributed by atoms with E-state index in [4.69, 9.17) is 0 Å². The molecule has 0 saturated heterocycles. The lowest BCUT2D eigenvalue weighted by atomic mass is 10.1. The summed E-state index contributed by atoms with van der Waals surface area (Å²) in [5.74, 6) is 0. The van der Waals surface area contributed by atoms with E-state index in [2.05, 4.69) is 46.5 Å². The van der Waals surface area contributed by atoms with Crippen LogP contribution in [0.3, 0.4) is 0 Å². The van der Waals surface area contributed by atoms with Crippen LogP contribution in [0.25, 0.3) is 11.3 Å². The first kappa shape index (κ1) is 13.1. The highest BCUT2D eigenvalue weighted by Crippen LogP contribution is 2.37. The fourth-order valence-electron chi connectivity index (χ4n) is 2.33. The molecule has 1 heterocycles. The van der Waals surface area contributed by atoms with E-state index < -0.39 is 0 Å². The molecule has 2 rings (SSSR count). The Hall–Kier alpha value is -1.35. The van der Waals surface area contributed by atoms with Gasteiger partial charge in [0.25, 0.3) is 0 Å². The van der Waals surface area contributed by atoms with E-state index in [-0.39, 0.29) is 0 Å². The Morgan fingerprint density at radius 1 is 1.22 bits per heavy atom. The van der Waals surface area contributed by atoms with Gasteiger partial charge in [0.1, 0.15) is 0 Å². The Kier molecular flexibility index (Phi) is 3.71. The topological polar surface area (TPSA) is 22.0 Å². The molecule has 2 aromatic rings. The molecule has 0 saturated carbocycles. The van der Waals surface area contributed by atoms with Crippen molar-refractivity contribution in [3.8, 4) is 11.3 Å². The number of hydrogen-bond acceptors (Lipinski definition) is 1. The van der Waals surface area contributed by atoms with Gasteiger partial charge in [-0.1, -0.05) is 30.3 Å². The molecule has 94 valence electrons. The minimum absolute atomic E-state index is 0.310. The predicted molar refractivity (Wildman–Crippen MR) is 78.1 cm³/mol. The van der Waals surface area contributed by atoms with Crippen LogP contribution in [0.5, 0.6) is 0 Å². The molecule has 0 amide bonds. The van der Waals surface area contributed by atoms with Crippen LogP contribution in [0.4, 0.5) is 0 Å². The molecule has 0 spiro atoms. The zero-order valence-electron chi connectivity index (χ0n) is 10.8. The fraction of sp³-hybridized carbons (Fsp3) is 0.267. The van der Waals surface area contributed by atoms with Crippen molar-refractivity contribution in [1.82, 2.24) is 4.57 Å². The van der Waals surface area contributed by atoms with Crippen molar-refractivity contribution in [2.75, 3.05) is 0 Å². The van der Waals surface area contributed by atoms with Gasteiger partial charge in [0, 0.05) is 17.3 Å². The van der Waals surface area contributed by atoms with Crippen molar-refractivity contribution in [2.24, 2.45) is 0 Å². The molecule has 0 radical (unpaired) electrons. The van der Waals surface area contributed by atoms with Gasteiger partial charge in [0.15, 0.2) is 6.29 Å². The standard InChI is InChI=1S/C15H16BrNO/c1-10(2)17-11(3)13(9-18)14(16)15(17)12-7-5-4-6-8-12/h4-10H,1-3H3. The van der Waals surface area contributed by atoms with E-state index >= 15 is 0 Å². The van der Waals surface area contributed by atoms with Crippen LogP contribution in [0.15, 0.2) is 34.8 Å². The molecule has 3 heteroatoms. The first-order valence-electron chi connectivity index (χ1n) is 5.98. The molecule has 0 bridgehead atoms. The molecular weight excluding hydrogens is 290 g/mol. The molecule has 0 unspecified atom stereocenters. The number of carbonyl (C=O) groups excluding carboxylic acids is 1. The third-order valence-corrected chi connectivity index (χ3v) is 3.92. The molecule has 18 heavy (non-hydrogen) atoms. The van der Waals surface area contributed by atoms with Crippen molar-refractivity contribution in [2.45, 2.75) is 26.8 Å². The summed E-state index contributed by atoms with van der Waals surface area (Å²) < 4.78 is 3.08. The second-order valence-corrected chi connectivity index (χ2v) is 5.40. The molecule has 0 aliphatic rings. The Bertz CT molecular complexity index is 570. The predicted octanol–water partition coefficient (Wildman–Crippen LogP) is 4.62. The van der Waals surface area contributed by atoms with Gasteiger partial charge in [0.2, 0.25) is 0 Å². The quantitative estimate of drug-likeness (QED) is 0.758. The normalized spacial score (nSPS) is 10.9. The summed E-state index contributed by atoms with van der Waals surface area (Å²) in [4.78, 5) is 11.2. The average Bonchev–Trinajstić information content (AvgIpc) is 2.61. The lowest BCUT2D eigenvalue weighted by Crippen LogP contribution is -2.05. The fourth-order valence-corrected chi connectivity index (χ4v) is 3.13. The Morgan fingerprint density at radius 2 is 1.83 bits per heavy atom. The van der Waals surface area contributed by atoms with Crippen molar-refractivity contribution in [3.63, 3.8) is 0 Å². The highest BCUT2D eigenvalue weighted by atomic mass is 79.9. The van der Waals surface area contributed by atoms with E-state index in [0.717, 1.165) is 33.3 Å².